The maximum atomic E-state index is 13.7. The molecule has 0 spiro atoms. The number of halogens is 1. The van der Waals surface area contributed by atoms with Gasteiger partial charge < -0.3 is 9.84 Å². The number of benzene rings is 1. The van der Waals surface area contributed by atoms with Crippen molar-refractivity contribution in [1.29, 1.82) is 0 Å². The molecule has 2 rings (SSSR count). The molecular formula is C13H14FNO2S. The fourth-order valence-electron chi connectivity index (χ4n) is 1.51. The van der Waals surface area contributed by atoms with Crippen molar-refractivity contribution in [2.75, 3.05) is 0 Å². The van der Waals surface area contributed by atoms with E-state index in [-0.39, 0.29) is 5.75 Å². The van der Waals surface area contributed by atoms with Crippen molar-refractivity contribution in [3.8, 4) is 5.75 Å². The summed E-state index contributed by atoms with van der Waals surface area (Å²) in [5.74, 6) is -0.278. The van der Waals surface area contributed by atoms with Crippen molar-refractivity contribution in [1.82, 2.24) is 4.98 Å². The average Bonchev–Trinajstić information content (AvgIpc) is 2.73. The van der Waals surface area contributed by atoms with Gasteiger partial charge in [0.25, 0.3) is 0 Å². The Labute approximate surface area is 109 Å². The van der Waals surface area contributed by atoms with Gasteiger partial charge in [-0.15, -0.1) is 11.3 Å². The van der Waals surface area contributed by atoms with E-state index in [9.17, 15) is 9.50 Å². The zero-order valence-electron chi connectivity index (χ0n) is 10.2. The van der Waals surface area contributed by atoms with Crippen LogP contribution in [0.15, 0.2) is 24.4 Å². The van der Waals surface area contributed by atoms with Crippen LogP contribution < -0.4 is 4.74 Å². The monoisotopic (exact) mass is 267 g/mol. The first-order valence-corrected chi connectivity index (χ1v) is 6.39. The van der Waals surface area contributed by atoms with Gasteiger partial charge >= 0.3 is 0 Å². The largest absolute Gasteiger partial charge is 0.485 e. The summed E-state index contributed by atoms with van der Waals surface area (Å²) < 4.78 is 19.1. The van der Waals surface area contributed by atoms with Gasteiger partial charge in [-0.1, -0.05) is 6.07 Å². The highest BCUT2D eigenvalue weighted by Crippen LogP contribution is 2.23. The molecule has 1 heterocycles. The zero-order valence-corrected chi connectivity index (χ0v) is 11.0. The van der Waals surface area contributed by atoms with E-state index in [0.717, 1.165) is 9.88 Å². The standard InChI is InChI=1S/C13H14FNO2S/c1-8(16)10-3-4-13(12(14)5-10)17-7-11-6-15-9(2)18-11/h3-6,8,16H,7H2,1-2H3. The smallest absolute Gasteiger partial charge is 0.165 e. The van der Waals surface area contributed by atoms with Gasteiger partial charge in [0, 0.05) is 6.20 Å². The molecule has 5 heteroatoms. The van der Waals surface area contributed by atoms with Crippen molar-refractivity contribution in [3.05, 3.63) is 45.7 Å². The van der Waals surface area contributed by atoms with Crippen molar-refractivity contribution < 1.29 is 14.2 Å². The lowest BCUT2D eigenvalue weighted by atomic mass is 10.1. The van der Waals surface area contributed by atoms with Crippen LogP contribution in [0.1, 0.15) is 28.5 Å². The molecule has 0 fully saturated rings. The minimum Gasteiger partial charge on any atom is -0.485 e. The zero-order chi connectivity index (χ0) is 13.1. The Balaban J connectivity index is 2.05. The van der Waals surface area contributed by atoms with E-state index in [2.05, 4.69) is 4.98 Å². The summed E-state index contributed by atoms with van der Waals surface area (Å²) in [4.78, 5) is 5.05. The van der Waals surface area contributed by atoms with Crippen LogP contribution in [-0.4, -0.2) is 10.1 Å². The molecule has 0 bridgehead atoms. The summed E-state index contributed by atoms with van der Waals surface area (Å²) in [6.45, 7) is 3.80. The number of aliphatic hydroxyl groups is 1. The third kappa shape index (κ3) is 3.05. The maximum Gasteiger partial charge on any atom is 0.165 e. The molecule has 1 aromatic heterocycles. The second-order valence-corrected chi connectivity index (χ2v) is 5.32. The number of aryl methyl sites for hydroxylation is 1. The number of nitrogens with zero attached hydrogens (tertiary/aromatic N) is 1. The average molecular weight is 267 g/mol. The van der Waals surface area contributed by atoms with Crippen molar-refractivity contribution in [2.45, 2.75) is 26.6 Å². The van der Waals surface area contributed by atoms with Gasteiger partial charge in [0.1, 0.15) is 6.61 Å². The third-order valence-electron chi connectivity index (χ3n) is 2.48. The first-order chi connectivity index (χ1) is 8.56. The van der Waals surface area contributed by atoms with Crippen molar-refractivity contribution >= 4 is 11.3 Å². The molecule has 0 aliphatic carbocycles. The number of ether oxygens (including phenoxy) is 1. The van der Waals surface area contributed by atoms with Gasteiger partial charge in [-0.05, 0) is 31.5 Å². The first-order valence-electron chi connectivity index (χ1n) is 5.58. The van der Waals surface area contributed by atoms with Gasteiger partial charge in [0.2, 0.25) is 0 Å². The molecule has 3 nitrogen and oxygen atoms in total. The van der Waals surface area contributed by atoms with E-state index >= 15 is 0 Å². The molecule has 0 saturated heterocycles. The quantitative estimate of drug-likeness (QED) is 0.924. The lowest BCUT2D eigenvalue weighted by molar-refractivity contribution is 0.198. The number of aliphatic hydroxyl groups excluding tert-OH is 1. The number of rotatable bonds is 4. The molecule has 1 aromatic carbocycles. The predicted octanol–water partition coefficient (Wildman–Crippen LogP) is 3.22. The summed E-state index contributed by atoms with van der Waals surface area (Å²) in [6, 6.07) is 4.48. The third-order valence-corrected chi connectivity index (χ3v) is 3.36. The first kappa shape index (κ1) is 13.0. The molecule has 1 N–H and O–H groups in total. The minimum absolute atomic E-state index is 0.186. The van der Waals surface area contributed by atoms with Gasteiger partial charge in [-0.2, -0.15) is 0 Å². The molecule has 0 amide bonds. The summed E-state index contributed by atoms with van der Waals surface area (Å²) in [5.41, 5.74) is 0.536. The van der Waals surface area contributed by atoms with E-state index < -0.39 is 11.9 Å². The topological polar surface area (TPSA) is 42.4 Å². The van der Waals surface area contributed by atoms with Crippen LogP contribution in [0, 0.1) is 12.7 Å². The van der Waals surface area contributed by atoms with E-state index in [4.69, 9.17) is 4.74 Å². The Kier molecular flexibility index (Phi) is 3.93. The Bertz CT molecular complexity index is 540. The van der Waals surface area contributed by atoms with Crippen molar-refractivity contribution in [3.63, 3.8) is 0 Å². The maximum absolute atomic E-state index is 13.7. The molecule has 1 unspecified atom stereocenters. The second kappa shape index (κ2) is 5.46. The highest BCUT2D eigenvalue weighted by Gasteiger charge is 2.08. The molecule has 1 atom stereocenters. The molecule has 96 valence electrons. The summed E-state index contributed by atoms with van der Waals surface area (Å²) >= 11 is 1.52. The van der Waals surface area contributed by atoms with Crippen LogP contribution in [0.25, 0.3) is 0 Å². The van der Waals surface area contributed by atoms with Crippen LogP contribution in [-0.2, 0) is 6.61 Å². The van der Waals surface area contributed by atoms with E-state index in [1.807, 2.05) is 6.92 Å². The Hall–Kier alpha value is -1.46. The highest BCUT2D eigenvalue weighted by molar-refractivity contribution is 7.11. The lowest BCUT2D eigenvalue weighted by Crippen LogP contribution is -1.98. The number of aromatic nitrogens is 1. The van der Waals surface area contributed by atoms with Crippen LogP contribution in [0.4, 0.5) is 4.39 Å². The number of hydrogen-bond donors (Lipinski definition) is 1. The van der Waals surface area contributed by atoms with Crippen LogP contribution in [0.3, 0.4) is 0 Å². The summed E-state index contributed by atoms with van der Waals surface area (Å²) in [7, 11) is 0. The molecule has 0 aliphatic rings. The Morgan fingerprint density at radius 3 is 2.83 bits per heavy atom. The van der Waals surface area contributed by atoms with Gasteiger partial charge in [-0.25, -0.2) is 9.37 Å². The molecule has 0 aliphatic heterocycles. The van der Waals surface area contributed by atoms with Gasteiger partial charge in [0.05, 0.1) is 16.0 Å². The number of thiazole rings is 1. The SMILES string of the molecule is Cc1ncc(COc2ccc(C(C)O)cc2F)s1. The molecule has 2 aromatic rings. The van der Waals surface area contributed by atoms with Crippen molar-refractivity contribution in [2.24, 2.45) is 0 Å². The van der Waals surface area contributed by atoms with Crippen LogP contribution >= 0.6 is 11.3 Å². The highest BCUT2D eigenvalue weighted by atomic mass is 32.1. The predicted molar refractivity (Wildman–Crippen MR) is 68.2 cm³/mol. The summed E-state index contributed by atoms with van der Waals surface area (Å²) in [6.07, 6.45) is 1.04. The Morgan fingerprint density at radius 2 is 2.28 bits per heavy atom. The fourth-order valence-corrected chi connectivity index (χ4v) is 2.22. The molecule has 18 heavy (non-hydrogen) atoms. The van der Waals surface area contributed by atoms with Gasteiger partial charge in [-0.3, -0.25) is 0 Å². The van der Waals surface area contributed by atoms with E-state index in [0.29, 0.717) is 12.2 Å². The fraction of sp³-hybridized carbons (Fsp3) is 0.308. The second-order valence-electron chi connectivity index (χ2n) is 4.00. The van der Waals surface area contributed by atoms with Crippen LogP contribution in [0.5, 0.6) is 5.75 Å². The summed E-state index contributed by atoms with van der Waals surface area (Å²) in [5, 5.41) is 10.3. The minimum atomic E-state index is -0.683. The normalized spacial score (nSPS) is 12.4. The number of hydrogen-bond acceptors (Lipinski definition) is 4. The molecular weight excluding hydrogens is 253 g/mol. The molecule has 0 saturated carbocycles. The van der Waals surface area contributed by atoms with E-state index in [1.165, 1.54) is 23.5 Å². The van der Waals surface area contributed by atoms with E-state index in [1.54, 1.807) is 19.2 Å². The molecule has 0 radical (unpaired) electrons. The lowest BCUT2D eigenvalue weighted by Gasteiger charge is -2.09. The van der Waals surface area contributed by atoms with Gasteiger partial charge in [0.15, 0.2) is 11.6 Å². The Morgan fingerprint density at radius 1 is 1.50 bits per heavy atom. The van der Waals surface area contributed by atoms with Crippen LogP contribution in [0.2, 0.25) is 0 Å².